The first-order valence-corrected chi connectivity index (χ1v) is 11.8. The number of nitrogens with zero attached hydrogens (tertiary/aromatic N) is 4. The van der Waals surface area contributed by atoms with Crippen molar-refractivity contribution < 1.29 is 23.8 Å². The first kappa shape index (κ1) is 25.2. The monoisotopic (exact) mass is 492 g/mol. The van der Waals surface area contributed by atoms with Crippen LogP contribution < -0.4 is 4.74 Å². The summed E-state index contributed by atoms with van der Waals surface area (Å²) < 4.78 is 19.7. The summed E-state index contributed by atoms with van der Waals surface area (Å²) >= 11 is 0. The van der Waals surface area contributed by atoms with Crippen LogP contribution in [0.4, 0.5) is 4.39 Å². The summed E-state index contributed by atoms with van der Waals surface area (Å²) in [4.78, 5) is 38.1. The Hall–Kier alpha value is -3.85. The Morgan fingerprint density at radius 2 is 1.92 bits per heavy atom. The predicted molar refractivity (Wildman–Crippen MR) is 132 cm³/mol. The Morgan fingerprint density at radius 3 is 2.58 bits per heavy atom. The number of aromatic nitrogens is 2. The first-order valence-electron chi connectivity index (χ1n) is 11.8. The first-order chi connectivity index (χ1) is 17.3. The molecule has 0 fully saturated rings. The van der Waals surface area contributed by atoms with Crippen molar-refractivity contribution in [2.75, 3.05) is 26.7 Å². The van der Waals surface area contributed by atoms with E-state index >= 15 is 0 Å². The lowest BCUT2D eigenvalue weighted by atomic mass is 9.99. The number of rotatable bonds is 6. The number of aliphatic hydroxyl groups excluding tert-OH is 1. The topological polar surface area (TPSA) is 95.9 Å². The molecule has 0 unspecified atom stereocenters. The van der Waals surface area contributed by atoms with E-state index in [1.165, 1.54) is 12.1 Å². The minimum absolute atomic E-state index is 0.155. The molecule has 0 saturated heterocycles. The van der Waals surface area contributed by atoms with Gasteiger partial charge in [0, 0.05) is 49.2 Å². The average molecular weight is 493 g/mol. The van der Waals surface area contributed by atoms with Crippen LogP contribution in [0.15, 0.2) is 61.1 Å². The largest absolute Gasteiger partial charge is 0.472 e. The Balaban J connectivity index is 1.68. The Bertz CT molecular complexity index is 1220. The lowest BCUT2D eigenvalue weighted by Crippen LogP contribution is -2.50. The van der Waals surface area contributed by atoms with Crippen LogP contribution in [0, 0.1) is 11.7 Å². The van der Waals surface area contributed by atoms with E-state index in [0.717, 1.165) is 0 Å². The number of ether oxygens (including phenoxy) is 1. The van der Waals surface area contributed by atoms with Gasteiger partial charge in [-0.3, -0.25) is 14.6 Å². The van der Waals surface area contributed by atoms with E-state index in [1.54, 1.807) is 72.7 Å². The van der Waals surface area contributed by atoms with Gasteiger partial charge in [-0.25, -0.2) is 9.37 Å². The lowest BCUT2D eigenvalue weighted by molar-refractivity contribution is 0.0313. The van der Waals surface area contributed by atoms with E-state index in [0.29, 0.717) is 23.2 Å². The van der Waals surface area contributed by atoms with Crippen molar-refractivity contribution in [3.05, 3.63) is 78.0 Å². The van der Waals surface area contributed by atoms with E-state index < -0.39 is 12.1 Å². The molecule has 3 aromatic rings. The number of amides is 2. The third-order valence-electron chi connectivity index (χ3n) is 6.43. The fourth-order valence-electron chi connectivity index (χ4n) is 4.19. The normalized spacial score (nSPS) is 18.5. The number of halogens is 1. The van der Waals surface area contributed by atoms with Crippen molar-refractivity contribution in [1.82, 2.24) is 19.8 Å². The molecule has 188 valence electrons. The summed E-state index contributed by atoms with van der Waals surface area (Å²) in [6.45, 7) is 4.10. The van der Waals surface area contributed by atoms with E-state index in [9.17, 15) is 19.1 Å². The molecule has 1 aromatic carbocycles. The number of benzene rings is 1. The van der Waals surface area contributed by atoms with Crippen LogP contribution in [0.1, 0.15) is 34.6 Å². The zero-order valence-corrected chi connectivity index (χ0v) is 20.5. The summed E-state index contributed by atoms with van der Waals surface area (Å²) in [5.41, 5.74) is 2.10. The molecule has 3 atom stereocenters. The summed E-state index contributed by atoms with van der Waals surface area (Å²) in [5, 5.41) is 9.84. The van der Waals surface area contributed by atoms with Gasteiger partial charge in [0.15, 0.2) is 0 Å². The fraction of sp³-hybridized carbons (Fsp3) is 0.333. The molecule has 0 aliphatic carbocycles. The van der Waals surface area contributed by atoms with Crippen LogP contribution in [0.2, 0.25) is 0 Å². The predicted octanol–water partition coefficient (Wildman–Crippen LogP) is 3.28. The van der Waals surface area contributed by atoms with Gasteiger partial charge < -0.3 is 19.6 Å². The third-order valence-corrected chi connectivity index (χ3v) is 6.43. The number of likely N-dealkylation sites (N-methyl/N-ethyl adjacent to an activating group) is 1. The standard InChI is InChI=1S/C27H29FN4O4/c1-17-14-32(18(2)16-33)27(35)23-12-21(19-4-6-22(28)7-5-19)13-30-25(23)36-24(17)15-31(3)26(34)20-8-10-29-11-9-20/h4-13,17-18,24,33H,14-16H2,1-3H3/t17-,18-,24+/m0/s1. The van der Waals surface area contributed by atoms with Gasteiger partial charge in [-0.05, 0) is 42.8 Å². The molecule has 0 radical (unpaired) electrons. The van der Waals surface area contributed by atoms with E-state index in [-0.39, 0.29) is 48.1 Å². The maximum Gasteiger partial charge on any atom is 0.259 e. The minimum atomic E-state index is -0.467. The molecular formula is C27H29FN4O4. The van der Waals surface area contributed by atoms with Crippen LogP contribution in [0.3, 0.4) is 0 Å². The van der Waals surface area contributed by atoms with Gasteiger partial charge in [0.25, 0.3) is 11.8 Å². The Labute approximate surface area is 209 Å². The molecule has 4 rings (SSSR count). The molecule has 0 spiro atoms. The summed E-state index contributed by atoms with van der Waals surface area (Å²) in [6.07, 6.45) is 4.24. The second-order valence-electron chi connectivity index (χ2n) is 9.13. The van der Waals surface area contributed by atoms with Gasteiger partial charge in [0.1, 0.15) is 17.5 Å². The van der Waals surface area contributed by atoms with Crippen molar-refractivity contribution in [2.24, 2.45) is 5.92 Å². The van der Waals surface area contributed by atoms with Crippen molar-refractivity contribution in [3.8, 4) is 17.0 Å². The second kappa shape index (κ2) is 10.8. The summed E-state index contributed by atoms with van der Waals surface area (Å²) in [7, 11) is 1.70. The number of hydrogen-bond donors (Lipinski definition) is 1. The van der Waals surface area contributed by atoms with Crippen LogP contribution in [0.25, 0.3) is 11.1 Å². The molecule has 0 saturated carbocycles. The third kappa shape index (κ3) is 5.36. The van der Waals surface area contributed by atoms with E-state index in [1.807, 2.05) is 6.92 Å². The average Bonchev–Trinajstić information content (AvgIpc) is 2.90. The Kier molecular flexibility index (Phi) is 7.59. The van der Waals surface area contributed by atoms with Crippen LogP contribution in [-0.4, -0.2) is 75.6 Å². The molecule has 3 heterocycles. The SMILES string of the molecule is C[C@H]1CN([C@@H](C)CO)C(=O)c2cc(-c3ccc(F)cc3)cnc2O[C@@H]1CN(C)C(=O)c1ccncc1. The molecule has 1 N–H and O–H groups in total. The smallest absolute Gasteiger partial charge is 0.259 e. The minimum Gasteiger partial charge on any atom is -0.472 e. The highest BCUT2D eigenvalue weighted by Gasteiger charge is 2.35. The van der Waals surface area contributed by atoms with Gasteiger partial charge in [-0.2, -0.15) is 0 Å². The molecule has 0 bridgehead atoms. The molecule has 1 aliphatic heterocycles. The number of carbonyl (C=O) groups excluding carboxylic acids is 2. The van der Waals surface area contributed by atoms with Gasteiger partial charge in [0.05, 0.1) is 19.2 Å². The molecule has 2 aromatic heterocycles. The molecule has 8 nitrogen and oxygen atoms in total. The van der Waals surface area contributed by atoms with Crippen molar-refractivity contribution in [3.63, 3.8) is 0 Å². The molecule has 36 heavy (non-hydrogen) atoms. The Morgan fingerprint density at radius 1 is 1.22 bits per heavy atom. The van der Waals surface area contributed by atoms with Gasteiger partial charge in [-0.15, -0.1) is 0 Å². The molecular weight excluding hydrogens is 463 g/mol. The number of hydrogen-bond acceptors (Lipinski definition) is 6. The van der Waals surface area contributed by atoms with E-state index in [4.69, 9.17) is 4.74 Å². The zero-order chi connectivity index (χ0) is 25.8. The van der Waals surface area contributed by atoms with E-state index in [2.05, 4.69) is 9.97 Å². The van der Waals surface area contributed by atoms with Crippen molar-refractivity contribution >= 4 is 11.8 Å². The second-order valence-corrected chi connectivity index (χ2v) is 9.13. The summed E-state index contributed by atoms with van der Waals surface area (Å²) in [5.74, 6) is -0.853. The fourth-order valence-corrected chi connectivity index (χ4v) is 4.19. The molecule has 1 aliphatic rings. The molecule has 2 amide bonds. The lowest BCUT2D eigenvalue weighted by Gasteiger charge is -2.37. The van der Waals surface area contributed by atoms with Crippen molar-refractivity contribution in [1.29, 1.82) is 0 Å². The van der Waals surface area contributed by atoms with Crippen LogP contribution >= 0.6 is 0 Å². The highest BCUT2D eigenvalue weighted by molar-refractivity contribution is 5.98. The maximum absolute atomic E-state index is 13.6. The number of carbonyl (C=O) groups is 2. The quantitative estimate of drug-likeness (QED) is 0.568. The zero-order valence-electron chi connectivity index (χ0n) is 20.5. The number of pyridine rings is 2. The molecule has 9 heteroatoms. The van der Waals surface area contributed by atoms with Gasteiger partial charge >= 0.3 is 0 Å². The van der Waals surface area contributed by atoms with Crippen LogP contribution in [0.5, 0.6) is 5.88 Å². The van der Waals surface area contributed by atoms with Crippen molar-refractivity contribution in [2.45, 2.75) is 26.0 Å². The number of fused-ring (bicyclic) bond motifs is 1. The maximum atomic E-state index is 13.6. The van der Waals surface area contributed by atoms with Crippen LogP contribution in [-0.2, 0) is 0 Å². The highest BCUT2D eigenvalue weighted by atomic mass is 19.1. The summed E-state index contributed by atoms with van der Waals surface area (Å²) in [6, 6.07) is 10.5. The van der Waals surface area contributed by atoms with Gasteiger partial charge in [-0.1, -0.05) is 19.1 Å². The highest BCUT2D eigenvalue weighted by Crippen LogP contribution is 2.30. The van der Waals surface area contributed by atoms with Gasteiger partial charge in [0.2, 0.25) is 5.88 Å². The number of aliphatic hydroxyl groups is 1.